The van der Waals surface area contributed by atoms with Gasteiger partial charge in [-0.2, -0.15) is 13.2 Å². The van der Waals surface area contributed by atoms with Crippen LogP contribution in [0.4, 0.5) is 17.6 Å². The van der Waals surface area contributed by atoms with Gasteiger partial charge >= 0.3 is 14.0 Å². The van der Waals surface area contributed by atoms with Gasteiger partial charge in [-0.15, -0.1) is 0 Å². The minimum Gasteiger partial charge on any atom is -0.290 e. The molecule has 2 aromatic rings. The van der Waals surface area contributed by atoms with E-state index in [1.165, 1.54) is 44.2 Å². The molecule has 0 saturated heterocycles. The zero-order valence-corrected chi connectivity index (χ0v) is 16.5. The Morgan fingerprint density at radius 2 is 1.45 bits per heavy atom. The van der Waals surface area contributed by atoms with Gasteiger partial charge in [0.1, 0.15) is 5.82 Å². The molecule has 0 aliphatic heterocycles. The minimum atomic E-state index is -5.43. The van der Waals surface area contributed by atoms with Gasteiger partial charge < -0.3 is 0 Å². The van der Waals surface area contributed by atoms with Crippen LogP contribution in [-0.4, -0.2) is 25.2 Å². The SMILES string of the molecule is CCOP(=O)(OCC)OC(C(=O)c1ccccc1F)(c1ccccc1)C(F)(F)F. The lowest BCUT2D eigenvalue weighted by atomic mass is 9.85. The number of hydrogen-bond donors (Lipinski definition) is 0. The molecule has 29 heavy (non-hydrogen) atoms. The highest BCUT2D eigenvalue weighted by atomic mass is 31.2. The number of rotatable bonds is 9. The number of Topliss-reactive ketones (excluding diaryl/α,β-unsaturated/α-hetero) is 1. The van der Waals surface area contributed by atoms with Crippen molar-refractivity contribution < 1.29 is 40.5 Å². The van der Waals surface area contributed by atoms with Gasteiger partial charge in [0.05, 0.1) is 18.8 Å². The average Bonchev–Trinajstić information content (AvgIpc) is 2.66. The Labute approximate surface area is 165 Å². The second-order valence-electron chi connectivity index (χ2n) is 5.73. The Kier molecular flexibility index (Phi) is 7.35. The Morgan fingerprint density at radius 1 is 0.931 bits per heavy atom. The van der Waals surface area contributed by atoms with Crippen LogP contribution in [0.5, 0.6) is 0 Å². The van der Waals surface area contributed by atoms with Gasteiger partial charge in [0.15, 0.2) is 0 Å². The number of ketones is 1. The first-order valence-electron chi connectivity index (χ1n) is 8.62. The number of hydrogen-bond acceptors (Lipinski definition) is 5. The number of carbonyl (C=O) groups excluding carboxylic acids is 1. The van der Waals surface area contributed by atoms with Crippen molar-refractivity contribution in [2.45, 2.75) is 25.6 Å². The molecule has 2 rings (SSSR count). The van der Waals surface area contributed by atoms with Crippen molar-refractivity contribution in [3.8, 4) is 0 Å². The topological polar surface area (TPSA) is 61.8 Å². The molecule has 0 fully saturated rings. The molecule has 0 N–H and O–H groups in total. The molecule has 0 bridgehead atoms. The van der Waals surface area contributed by atoms with E-state index in [1.54, 1.807) is 0 Å². The van der Waals surface area contributed by atoms with Crippen LogP contribution in [0, 0.1) is 5.82 Å². The van der Waals surface area contributed by atoms with Crippen LogP contribution in [0.3, 0.4) is 0 Å². The molecule has 0 aliphatic carbocycles. The zero-order valence-electron chi connectivity index (χ0n) is 15.6. The highest BCUT2D eigenvalue weighted by Gasteiger charge is 2.66. The number of phosphoric acid groups is 1. The van der Waals surface area contributed by atoms with E-state index in [9.17, 15) is 26.9 Å². The van der Waals surface area contributed by atoms with Gasteiger partial charge in [-0.05, 0) is 26.0 Å². The van der Waals surface area contributed by atoms with E-state index in [-0.39, 0.29) is 13.2 Å². The summed E-state index contributed by atoms with van der Waals surface area (Å²) in [5.41, 5.74) is -5.40. The summed E-state index contributed by atoms with van der Waals surface area (Å²) in [6, 6.07) is 9.97. The third-order valence-corrected chi connectivity index (χ3v) is 5.49. The van der Waals surface area contributed by atoms with Crippen molar-refractivity contribution in [1.29, 1.82) is 0 Å². The lowest BCUT2D eigenvalue weighted by Crippen LogP contribution is -2.51. The van der Waals surface area contributed by atoms with Gasteiger partial charge in [0, 0.05) is 5.56 Å². The molecule has 0 spiro atoms. The fraction of sp³-hybridized carbons (Fsp3) is 0.316. The first-order chi connectivity index (χ1) is 13.6. The van der Waals surface area contributed by atoms with E-state index in [1.807, 2.05) is 0 Å². The van der Waals surface area contributed by atoms with Crippen LogP contribution >= 0.6 is 7.82 Å². The second kappa shape index (κ2) is 9.17. The third-order valence-electron chi connectivity index (χ3n) is 3.84. The summed E-state index contributed by atoms with van der Waals surface area (Å²) in [7, 11) is -4.86. The van der Waals surface area contributed by atoms with Crippen molar-refractivity contribution in [1.82, 2.24) is 0 Å². The second-order valence-corrected chi connectivity index (χ2v) is 7.32. The monoisotopic (exact) mass is 434 g/mol. The lowest BCUT2D eigenvalue weighted by molar-refractivity contribution is -0.237. The predicted molar refractivity (Wildman–Crippen MR) is 96.8 cm³/mol. The van der Waals surface area contributed by atoms with E-state index in [0.717, 1.165) is 24.3 Å². The fourth-order valence-corrected chi connectivity index (χ4v) is 4.09. The molecule has 2 aromatic carbocycles. The van der Waals surface area contributed by atoms with E-state index in [2.05, 4.69) is 0 Å². The maximum absolute atomic E-state index is 14.4. The summed E-state index contributed by atoms with van der Waals surface area (Å²) in [5.74, 6) is -2.97. The lowest BCUT2D eigenvalue weighted by Gasteiger charge is -2.36. The van der Waals surface area contributed by atoms with Gasteiger partial charge in [-0.3, -0.25) is 18.4 Å². The molecule has 5 nitrogen and oxygen atoms in total. The molecule has 1 atom stereocenters. The summed E-state index contributed by atoms with van der Waals surface area (Å²) in [6.45, 7) is 2.11. The highest BCUT2D eigenvalue weighted by Crippen LogP contribution is 2.59. The Morgan fingerprint density at radius 3 is 1.93 bits per heavy atom. The van der Waals surface area contributed by atoms with Crippen LogP contribution in [-0.2, 0) is 23.7 Å². The molecule has 0 aliphatic rings. The van der Waals surface area contributed by atoms with Crippen molar-refractivity contribution >= 4 is 13.6 Å². The van der Waals surface area contributed by atoms with Crippen molar-refractivity contribution in [3.05, 3.63) is 71.5 Å². The molecule has 158 valence electrons. The molecule has 0 heterocycles. The summed E-state index contributed by atoms with van der Waals surface area (Å²) >= 11 is 0. The van der Waals surface area contributed by atoms with E-state index in [4.69, 9.17) is 13.6 Å². The van der Waals surface area contributed by atoms with Gasteiger partial charge in [0.25, 0.3) is 5.60 Å². The van der Waals surface area contributed by atoms with Crippen LogP contribution < -0.4 is 0 Å². The first kappa shape index (κ1) is 23.2. The minimum absolute atomic E-state index is 0.312. The van der Waals surface area contributed by atoms with E-state index >= 15 is 0 Å². The molecule has 0 amide bonds. The van der Waals surface area contributed by atoms with Crippen molar-refractivity contribution in [2.75, 3.05) is 13.2 Å². The summed E-state index contributed by atoms with van der Waals surface area (Å²) < 4.78 is 84.9. The molecule has 0 radical (unpaired) electrons. The molecule has 0 aromatic heterocycles. The largest absolute Gasteiger partial charge is 0.476 e. The summed E-state index contributed by atoms with van der Waals surface area (Å²) in [5, 5.41) is 0. The van der Waals surface area contributed by atoms with Gasteiger partial charge in [0.2, 0.25) is 5.78 Å². The third kappa shape index (κ3) is 4.75. The van der Waals surface area contributed by atoms with Crippen LogP contribution in [0.15, 0.2) is 54.6 Å². The van der Waals surface area contributed by atoms with Crippen molar-refractivity contribution in [3.63, 3.8) is 0 Å². The molecule has 1 unspecified atom stereocenters. The summed E-state index contributed by atoms with van der Waals surface area (Å²) in [4.78, 5) is 13.1. The maximum atomic E-state index is 14.4. The summed E-state index contributed by atoms with van der Waals surface area (Å²) in [6.07, 6.45) is -5.43. The van der Waals surface area contributed by atoms with Crippen molar-refractivity contribution in [2.24, 2.45) is 0 Å². The highest BCUT2D eigenvalue weighted by molar-refractivity contribution is 7.48. The smallest absolute Gasteiger partial charge is 0.290 e. The zero-order chi connectivity index (χ0) is 21.7. The predicted octanol–water partition coefficient (Wildman–Crippen LogP) is 5.66. The van der Waals surface area contributed by atoms with E-state index < -0.39 is 42.3 Å². The number of carbonyl (C=O) groups is 1. The number of alkyl halides is 3. The quantitative estimate of drug-likeness (QED) is 0.289. The standard InChI is InChI=1S/C19H19F4O5P/c1-3-26-29(25,27-4-2)28-18(19(21,22)23,14-10-6-5-7-11-14)17(24)15-12-8-9-13-16(15)20/h5-13H,3-4H2,1-2H3. The first-order valence-corrected chi connectivity index (χ1v) is 10.1. The Hall–Kier alpha value is -2.06. The molecular formula is C19H19F4O5P. The number of benzene rings is 2. The molecular weight excluding hydrogens is 415 g/mol. The van der Waals surface area contributed by atoms with E-state index in [0.29, 0.717) is 0 Å². The Bertz CT molecular complexity index is 878. The van der Waals surface area contributed by atoms with Gasteiger partial charge in [-0.1, -0.05) is 42.5 Å². The van der Waals surface area contributed by atoms with Crippen LogP contribution in [0.25, 0.3) is 0 Å². The normalized spacial score (nSPS) is 14.4. The van der Waals surface area contributed by atoms with Crippen LogP contribution in [0.1, 0.15) is 29.8 Å². The maximum Gasteiger partial charge on any atom is 0.476 e. The van der Waals surface area contributed by atoms with Gasteiger partial charge in [-0.25, -0.2) is 8.96 Å². The fourth-order valence-electron chi connectivity index (χ4n) is 2.65. The van der Waals surface area contributed by atoms with Crippen LogP contribution in [0.2, 0.25) is 0 Å². The Balaban J connectivity index is 2.80. The number of phosphoric ester groups is 1. The molecule has 10 heteroatoms. The molecule has 0 saturated carbocycles. The number of halogens is 4. The average molecular weight is 434 g/mol.